The molecule has 13 heavy (non-hydrogen) atoms. The zero-order chi connectivity index (χ0) is 9.26. The van der Waals surface area contributed by atoms with Gasteiger partial charge >= 0.3 is 0 Å². The lowest BCUT2D eigenvalue weighted by Gasteiger charge is -2.06. The number of ether oxygens (including phenoxy) is 1. The van der Waals surface area contributed by atoms with E-state index >= 15 is 0 Å². The van der Waals surface area contributed by atoms with Crippen molar-refractivity contribution in [1.82, 2.24) is 0 Å². The Bertz CT molecular complexity index is 305. The highest BCUT2D eigenvalue weighted by Gasteiger charge is 2.24. The van der Waals surface area contributed by atoms with Gasteiger partial charge in [-0.2, -0.15) is 0 Å². The van der Waals surface area contributed by atoms with Crippen molar-refractivity contribution in [3.63, 3.8) is 0 Å². The van der Waals surface area contributed by atoms with Gasteiger partial charge in [-0.3, -0.25) is 0 Å². The number of hydrogen-bond donors (Lipinski definition) is 1. The lowest BCUT2D eigenvalue weighted by Crippen LogP contribution is -1.95. The predicted molar refractivity (Wildman–Crippen MR) is 54.0 cm³/mol. The molecule has 2 heteroatoms. The van der Waals surface area contributed by atoms with E-state index in [9.17, 15) is 0 Å². The first kappa shape index (κ1) is 8.42. The fourth-order valence-corrected chi connectivity index (χ4v) is 1.55. The van der Waals surface area contributed by atoms with Crippen molar-refractivity contribution in [2.45, 2.75) is 25.7 Å². The van der Waals surface area contributed by atoms with E-state index in [1.54, 1.807) is 0 Å². The van der Waals surface area contributed by atoms with Crippen LogP contribution < -0.4 is 10.5 Å². The van der Waals surface area contributed by atoms with Crippen LogP contribution in [0, 0.1) is 0 Å². The first-order valence-electron chi connectivity index (χ1n) is 4.83. The lowest BCUT2D eigenvalue weighted by atomic mass is 10.1. The first-order chi connectivity index (χ1) is 6.29. The lowest BCUT2D eigenvalue weighted by molar-refractivity contribution is 0.340. The Balaban J connectivity index is 2.25. The molecule has 1 aliphatic rings. The topological polar surface area (TPSA) is 35.2 Å². The Morgan fingerprint density at radius 1 is 1.38 bits per heavy atom. The molecule has 1 fully saturated rings. The van der Waals surface area contributed by atoms with Crippen LogP contribution in [-0.2, 0) is 0 Å². The Morgan fingerprint density at radius 3 is 2.77 bits per heavy atom. The summed E-state index contributed by atoms with van der Waals surface area (Å²) >= 11 is 0. The van der Waals surface area contributed by atoms with Gasteiger partial charge in [-0.15, -0.1) is 0 Å². The van der Waals surface area contributed by atoms with Gasteiger partial charge in [-0.25, -0.2) is 0 Å². The minimum atomic E-state index is 0.702. The third kappa shape index (κ3) is 1.94. The van der Waals surface area contributed by atoms with Crippen LogP contribution in [0.5, 0.6) is 5.75 Å². The third-order valence-electron chi connectivity index (χ3n) is 2.31. The fourth-order valence-electron chi connectivity index (χ4n) is 1.55. The second-order valence-electron chi connectivity index (χ2n) is 3.54. The van der Waals surface area contributed by atoms with E-state index in [2.05, 4.69) is 12.1 Å². The summed E-state index contributed by atoms with van der Waals surface area (Å²) in [5.41, 5.74) is 7.92. The van der Waals surface area contributed by atoms with Gasteiger partial charge in [0.25, 0.3) is 0 Å². The Morgan fingerprint density at radius 2 is 2.15 bits per heavy atom. The molecule has 1 saturated carbocycles. The van der Waals surface area contributed by atoms with Crippen molar-refractivity contribution in [3.8, 4) is 5.75 Å². The second kappa shape index (κ2) is 3.29. The molecule has 0 bridgehead atoms. The number of nitrogen functional groups attached to an aromatic ring is 1. The molecule has 70 valence electrons. The maximum atomic E-state index is 5.78. The summed E-state index contributed by atoms with van der Waals surface area (Å²) in [6.45, 7) is 2.69. The summed E-state index contributed by atoms with van der Waals surface area (Å²) in [4.78, 5) is 0. The largest absolute Gasteiger partial charge is 0.494 e. The van der Waals surface area contributed by atoms with E-state index in [1.807, 2.05) is 13.0 Å². The molecule has 0 aromatic heterocycles. The molecule has 2 N–H and O–H groups in total. The molecule has 0 amide bonds. The van der Waals surface area contributed by atoms with Crippen LogP contribution in [0.3, 0.4) is 0 Å². The van der Waals surface area contributed by atoms with Crippen LogP contribution in [0.4, 0.5) is 5.69 Å². The average molecular weight is 177 g/mol. The van der Waals surface area contributed by atoms with Gasteiger partial charge in [-0.1, -0.05) is 0 Å². The number of hydrogen-bond acceptors (Lipinski definition) is 2. The Hall–Kier alpha value is -1.18. The van der Waals surface area contributed by atoms with Crippen LogP contribution in [0.1, 0.15) is 31.2 Å². The maximum absolute atomic E-state index is 5.78. The highest BCUT2D eigenvalue weighted by molar-refractivity contribution is 5.49. The van der Waals surface area contributed by atoms with Crippen LogP contribution >= 0.6 is 0 Å². The van der Waals surface area contributed by atoms with E-state index < -0.39 is 0 Å². The number of nitrogens with two attached hydrogens (primary N) is 1. The van der Waals surface area contributed by atoms with Crippen molar-refractivity contribution in [1.29, 1.82) is 0 Å². The summed E-state index contributed by atoms with van der Waals surface area (Å²) in [6.07, 6.45) is 2.60. The summed E-state index contributed by atoms with van der Waals surface area (Å²) in [5, 5.41) is 0. The average Bonchev–Trinajstić information content (AvgIpc) is 2.85. The fraction of sp³-hybridized carbons (Fsp3) is 0.455. The van der Waals surface area contributed by atoms with Crippen LogP contribution in [0.15, 0.2) is 18.2 Å². The van der Waals surface area contributed by atoms with Crippen LogP contribution in [0.2, 0.25) is 0 Å². The first-order valence-corrected chi connectivity index (χ1v) is 4.83. The van der Waals surface area contributed by atoms with Crippen LogP contribution in [0.25, 0.3) is 0 Å². The molecule has 0 spiro atoms. The van der Waals surface area contributed by atoms with Gasteiger partial charge < -0.3 is 10.5 Å². The van der Waals surface area contributed by atoms with E-state index in [-0.39, 0.29) is 0 Å². The SMILES string of the molecule is CCOc1cc(N)cc(C2CC2)c1. The molecular formula is C11H15NO. The van der Waals surface area contributed by atoms with Crippen molar-refractivity contribution >= 4 is 5.69 Å². The predicted octanol–water partition coefficient (Wildman–Crippen LogP) is 2.54. The Labute approximate surface area is 78.7 Å². The van der Waals surface area contributed by atoms with Crippen molar-refractivity contribution in [2.75, 3.05) is 12.3 Å². The number of rotatable bonds is 3. The maximum Gasteiger partial charge on any atom is 0.121 e. The molecule has 0 atom stereocenters. The molecule has 0 heterocycles. The third-order valence-corrected chi connectivity index (χ3v) is 2.31. The monoisotopic (exact) mass is 177 g/mol. The van der Waals surface area contributed by atoms with E-state index in [0.29, 0.717) is 6.61 Å². The molecule has 1 aromatic rings. The molecule has 0 aliphatic heterocycles. The molecule has 2 nitrogen and oxygen atoms in total. The molecule has 1 aliphatic carbocycles. The molecule has 1 aromatic carbocycles. The van der Waals surface area contributed by atoms with E-state index in [1.165, 1.54) is 18.4 Å². The van der Waals surface area contributed by atoms with E-state index in [4.69, 9.17) is 10.5 Å². The molecule has 2 rings (SSSR count). The quantitative estimate of drug-likeness (QED) is 0.720. The van der Waals surface area contributed by atoms with Gasteiger partial charge in [0, 0.05) is 11.8 Å². The summed E-state index contributed by atoms with van der Waals surface area (Å²) in [5.74, 6) is 1.65. The standard InChI is InChI=1S/C11H15NO/c1-2-13-11-6-9(8-3-4-8)5-10(12)7-11/h5-8H,2-4,12H2,1H3. The molecular weight excluding hydrogens is 162 g/mol. The van der Waals surface area contributed by atoms with Crippen molar-refractivity contribution in [2.24, 2.45) is 0 Å². The zero-order valence-electron chi connectivity index (χ0n) is 7.92. The van der Waals surface area contributed by atoms with Crippen molar-refractivity contribution in [3.05, 3.63) is 23.8 Å². The van der Waals surface area contributed by atoms with Gasteiger partial charge in [0.05, 0.1) is 6.61 Å². The van der Waals surface area contributed by atoms with Crippen molar-refractivity contribution < 1.29 is 4.74 Å². The zero-order valence-corrected chi connectivity index (χ0v) is 7.92. The van der Waals surface area contributed by atoms with Gasteiger partial charge in [0.2, 0.25) is 0 Å². The second-order valence-corrected chi connectivity index (χ2v) is 3.54. The minimum Gasteiger partial charge on any atom is -0.494 e. The summed E-state index contributed by atoms with van der Waals surface area (Å²) < 4.78 is 5.43. The summed E-state index contributed by atoms with van der Waals surface area (Å²) in [7, 11) is 0. The van der Waals surface area contributed by atoms with E-state index in [0.717, 1.165) is 17.4 Å². The molecule has 0 radical (unpaired) electrons. The number of benzene rings is 1. The Kier molecular flexibility index (Phi) is 2.13. The smallest absolute Gasteiger partial charge is 0.121 e. The van der Waals surface area contributed by atoms with Gasteiger partial charge in [0.15, 0.2) is 0 Å². The molecule has 0 unspecified atom stereocenters. The highest BCUT2D eigenvalue weighted by atomic mass is 16.5. The normalized spacial score (nSPS) is 15.8. The number of anilines is 1. The summed E-state index contributed by atoms with van der Waals surface area (Å²) in [6, 6.07) is 6.05. The van der Waals surface area contributed by atoms with Gasteiger partial charge in [0.1, 0.15) is 5.75 Å². The van der Waals surface area contributed by atoms with Gasteiger partial charge in [-0.05, 0) is 43.4 Å². The minimum absolute atomic E-state index is 0.702. The highest BCUT2D eigenvalue weighted by Crippen LogP contribution is 2.41. The van der Waals surface area contributed by atoms with Crippen LogP contribution in [-0.4, -0.2) is 6.61 Å². The molecule has 0 saturated heterocycles.